The van der Waals surface area contributed by atoms with Gasteiger partial charge in [-0.1, -0.05) is 32.9 Å². The van der Waals surface area contributed by atoms with Gasteiger partial charge in [0.25, 0.3) is 0 Å². The average Bonchev–Trinajstić information content (AvgIpc) is 2.89. The highest BCUT2D eigenvalue weighted by molar-refractivity contribution is 5.75. The Labute approximate surface area is 162 Å². The fourth-order valence-electron chi connectivity index (χ4n) is 6.25. The van der Waals surface area contributed by atoms with Gasteiger partial charge in [0.1, 0.15) is 0 Å². The Bertz CT molecular complexity index is 624. The Hall–Kier alpha value is -1.36. The molecule has 0 bridgehead atoms. The highest BCUT2D eigenvalue weighted by Crippen LogP contribution is 2.63. The summed E-state index contributed by atoms with van der Waals surface area (Å²) in [5.74, 6) is -0.607. The first-order valence-electron chi connectivity index (χ1n) is 10.2. The summed E-state index contributed by atoms with van der Waals surface area (Å²) in [5.41, 5.74) is 1.41. The molecule has 5 nitrogen and oxygen atoms in total. The zero-order chi connectivity index (χ0) is 20.0. The van der Waals surface area contributed by atoms with Crippen molar-refractivity contribution in [3.05, 3.63) is 12.2 Å². The summed E-state index contributed by atoms with van der Waals surface area (Å²) in [6.07, 6.45) is 4.27. The number of hydrogen-bond donors (Lipinski definition) is 1. The van der Waals surface area contributed by atoms with Gasteiger partial charge in [0, 0.05) is 18.8 Å². The molecule has 0 aromatic heterocycles. The van der Waals surface area contributed by atoms with E-state index in [1.165, 1.54) is 18.9 Å². The molecule has 6 atom stereocenters. The molecule has 0 aromatic rings. The lowest BCUT2D eigenvalue weighted by molar-refractivity contribution is -0.184. The van der Waals surface area contributed by atoms with Gasteiger partial charge >= 0.3 is 11.9 Å². The Morgan fingerprint density at radius 2 is 2.00 bits per heavy atom. The lowest BCUT2D eigenvalue weighted by atomic mass is 9.58. The van der Waals surface area contributed by atoms with Crippen LogP contribution in [0.3, 0.4) is 0 Å². The van der Waals surface area contributed by atoms with Gasteiger partial charge in [-0.2, -0.15) is 0 Å². The number of carbonyl (C=O) groups excluding carboxylic acids is 2. The predicted molar refractivity (Wildman–Crippen MR) is 102 cm³/mol. The Balaban J connectivity index is 1.94. The molecule has 0 spiro atoms. The summed E-state index contributed by atoms with van der Waals surface area (Å²) in [7, 11) is 0. The van der Waals surface area contributed by atoms with Crippen LogP contribution >= 0.6 is 0 Å². The van der Waals surface area contributed by atoms with E-state index in [2.05, 4.69) is 27.4 Å². The van der Waals surface area contributed by atoms with E-state index in [9.17, 15) is 14.7 Å². The molecule has 0 radical (unpaired) electrons. The van der Waals surface area contributed by atoms with E-state index in [0.717, 1.165) is 25.7 Å². The van der Waals surface area contributed by atoms with Gasteiger partial charge in [0.15, 0.2) is 6.10 Å². The lowest BCUT2D eigenvalue weighted by Crippen LogP contribution is -2.53. The van der Waals surface area contributed by atoms with Crippen molar-refractivity contribution in [2.45, 2.75) is 65.9 Å². The Kier molecular flexibility index (Phi) is 5.46. The molecule has 0 aromatic carbocycles. The van der Waals surface area contributed by atoms with Crippen molar-refractivity contribution < 1.29 is 24.2 Å². The quantitative estimate of drug-likeness (QED) is 0.601. The fourth-order valence-corrected chi connectivity index (χ4v) is 6.25. The van der Waals surface area contributed by atoms with Crippen LogP contribution < -0.4 is 0 Å². The van der Waals surface area contributed by atoms with E-state index in [1.54, 1.807) is 0 Å². The summed E-state index contributed by atoms with van der Waals surface area (Å²) < 4.78 is 10.6. The van der Waals surface area contributed by atoms with Gasteiger partial charge in [-0.05, 0) is 54.8 Å². The van der Waals surface area contributed by atoms with Crippen LogP contribution in [-0.2, 0) is 19.1 Å². The smallest absolute Gasteiger partial charge is 0.335 e. The number of ether oxygens (including phenoxy) is 2. The molecule has 1 heterocycles. The van der Waals surface area contributed by atoms with Gasteiger partial charge in [-0.25, -0.2) is 4.79 Å². The van der Waals surface area contributed by atoms with Crippen molar-refractivity contribution >= 4 is 11.9 Å². The molecule has 27 heavy (non-hydrogen) atoms. The number of esters is 2. The maximum absolute atomic E-state index is 12.0. The molecule has 1 aliphatic heterocycles. The van der Waals surface area contributed by atoms with Gasteiger partial charge in [0.2, 0.25) is 0 Å². The number of cyclic esters (lactones) is 1. The van der Waals surface area contributed by atoms with Gasteiger partial charge in [-0.15, -0.1) is 0 Å². The first kappa shape index (κ1) is 20.4. The first-order valence-corrected chi connectivity index (χ1v) is 10.2. The molecule has 0 amide bonds. The largest absolute Gasteiger partial charge is 0.465 e. The minimum Gasteiger partial charge on any atom is -0.465 e. The van der Waals surface area contributed by atoms with Gasteiger partial charge < -0.3 is 14.6 Å². The van der Waals surface area contributed by atoms with Gasteiger partial charge in [-0.3, -0.25) is 4.79 Å². The van der Waals surface area contributed by atoms with Crippen molar-refractivity contribution in [2.24, 2.45) is 34.5 Å². The lowest BCUT2D eigenvalue weighted by Gasteiger charge is -2.48. The van der Waals surface area contributed by atoms with Crippen molar-refractivity contribution in [2.75, 3.05) is 13.2 Å². The van der Waals surface area contributed by atoms with E-state index < -0.39 is 24.0 Å². The molecular formula is C22H34O5. The van der Waals surface area contributed by atoms with Crippen LogP contribution in [0.25, 0.3) is 0 Å². The number of carbonyl (C=O) groups is 2. The van der Waals surface area contributed by atoms with Gasteiger partial charge in [0.05, 0.1) is 13.2 Å². The average molecular weight is 379 g/mol. The van der Waals surface area contributed by atoms with Crippen molar-refractivity contribution in [1.82, 2.24) is 0 Å². The number of aliphatic hydroxyl groups excluding tert-OH is 1. The second kappa shape index (κ2) is 7.23. The summed E-state index contributed by atoms with van der Waals surface area (Å²) in [6.45, 7) is 13.1. The Morgan fingerprint density at radius 3 is 2.67 bits per heavy atom. The van der Waals surface area contributed by atoms with Crippen LogP contribution in [0.5, 0.6) is 0 Å². The number of aliphatic hydroxyl groups is 1. The number of allylic oxidation sites excluding steroid dienone is 1. The van der Waals surface area contributed by atoms with Crippen LogP contribution in [-0.4, -0.2) is 36.4 Å². The number of hydrogen-bond acceptors (Lipinski definition) is 5. The van der Waals surface area contributed by atoms with Crippen molar-refractivity contribution in [3.63, 3.8) is 0 Å². The van der Waals surface area contributed by atoms with E-state index in [0.29, 0.717) is 11.8 Å². The molecule has 3 rings (SSSR count). The second-order valence-corrected chi connectivity index (χ2v) is 9.78. The van der Waals surface area contributed by atoms with Crippen LogP contribution in [0.2, 0.25) is 0 Å². The molecule has 5 heteroatoms. The number of rotatable bonds is 3. The van der Waals surface area contributed by atoms with Crippen molar-refractivity contribution in [1.29, 1.82) is 0 Å². The van der Waals surface area contributed by atoms with Crippen LogP contribution in [0.15, 0.2) is 12.2 Å². The maximum Gasteiger partial charge on any atom is 0.335 e. The van der Waals surface area contributed by atoms with E-state index >= 15 is 0 Å². The minimum absolute atomic E-state index is 0.0507. The minimum atomic E-state index is -1.24. The molecule has 3 aliphatic rings. The molecule has 1 N–H and O–H groups in total. The van der Waals surface area contributed by atoms with Crippen molar-refractivity contribution in [3.8, 4) is 0 Å². The number of fused-ring (bicyclic) bond motifs is 1. The second-order valence-electron chi connectivity index (χ2n) is 9.78. The standard InChI is InChI=1S/C22H34O5/c1-13-7-6-9-21(3,4)16-8-10-22(5,18(13)16)17-12-27-20(25)19(24)15(17)11-26-14(2)23/h15-19,24H,1,6-12H2,2-5H3/t15-,16+,17+,18+,19-,22-/m0/s1. The molecule has 0 unspecified atom stereocenters. The molecule has 152 valence electrons. The van der Waals surface area contributed by atoms with Crippen LogP contribution in [0.1, 0.15) is 59.8 Å². The zero-order valence-electron chi connectivity index (χ0n) is 17.1. The van der Waals surface area contributed by atoms with E-state index in [1.807, 2.05) is 0 Å². The van der Waals surface area contributed by atoms with E-state index in [-0.39, 0.29) is 30.0 Å². The monoisotopic (exact) mass is 378 g/mol. The molecule has 2 saturated carbocycles. The normalized spacial score (nSPS) is 41.4. The highest BCUT2D eigenvalue weighted by Gasteiger charge is 2.58. The summed E-state index contributed by atoms with van der Waals surface area (Å²) in [4.78, 5) is 23.3. The topological polar surface area (TPSA) is 72.8 Å². The molecular weight excluding hydrogens is 344 g/mol. The maximum atomic E-state index is 12.0. The molecule has 1 saturated heterocycles. The third kappa shape index (κ3) is 3.55. The first-order chi connectivity index (χ1) is 12.6. The van der Waals surface area contributed by atoms with Crippen LogP contribution in [0.4, 0.5) is 0 Å². The SMILES string of the molecule is C=C1CCCC(C)(C)[C@@H]2CC[C@@](C)([C@@H]3COC(=O)[C@@H](O)[C@H]3COC(C)=O)[C@H]12. The highest BCUT2D eigenvalue weighted by atomic mass is 16.6. The van der Waals surface area contributed by atoms with Crippen LogP contribution in [0, 0.1) is 34.5 Å². The van der Waals surface area contributed by atoms with E-state index in [4.69, 9.17) is 9.47 Å². The zero-order valence-corrected chi connectivity index (χ0v) is 17.1. The summed E-state index contributed by atoms with van der Waals surface area (Å²) in [5, 5.41) is 10.5. The third-order valence-corrected chi connectivity index (χ3v) is 7.76. The third-order valence-electron chi connectivity index (χ3n) is 7.76. The fraction of sp³-hybridized carbons (Fsp3) is 0.818. The molecule has 2 aliphatic carbocycles. The summed E-state index contributed by atoms with van der Waals surface area (Å²) in [6, 6.07) is 0. The predicted octanol–water partition coefficient (Wildman–Crippen LogP) is 3.50. The Morgan fingerprint density at radius 1 is 1.30 bits per heavy atom. The summed E-state index contributed by atoms with van der Waals surface area (Å²) >= 11 is 0. The molecule has 3 fully saturated rings.